The van der Waals surface area contributed by atoms with Gasteiger partial charge in [0.15, 0.2) is 0 Å². The molecule has 0 saturated heterocycles. The van der Waals surface area contributed by atoms with Crippen molar-refractivity contribution in [3.05, 3.63) is 69.4 Å². The highest BCUT2D eigenvalue weighted by molar-refractivity contribution is 9.10. The van der Waals surface area contributed by atoms with E-state index < -0.39 is 6.10 Å². The van der Waals surface area contributed by atoms with Crippen LogP contribution in [0.15, 0.2) is 58.3 Å². The van der Waals surface area contributed by atoms with Crippen molar-refractivity contribution < 1.29 is 5.11 Å². The monoisotopic (exact) mass is 345 g/mol. The Morgan fingerprint density at radius 2 is 2.19 bits per heavy atom. The summed E-state index contributed by atoms with van der Waals surface area (Å²) in [5.74, 6) is 0. The van der Waals surface area contributed by atoms with Crippen molar-refractivity contribution >= 4 is 26.8 Å². The molecule has 2 aromatic heterocycles. The van der Waals surface area contributed by atoms with Gasteiger partial charge in [0.05, 0.1) is 36.1 Å². The smallest absolute Gasteiger partial charge is 0.261 e. The zero-order valence-electron chi connectivity index (χ0n) is 11.0. The minimum absolute atomic E-state index is 0.153. The average molecular weight is 346 g/mol. The first-order chi connectivity index (χ1) is 10.1. The fraction of sp³-hybridized carbons (Fsp3) is 0.133. The lowest BCUT2D eigenvalue weighted by Crippen LogP contribution is -2.23. The summed E-state index contributed by atoms with van der Waals surface area (Å²) in [6, 6.07) is 9.00. The van der Waals surface area contributed by atoms with E-state index in [-0.39, 0.29) is 12.1 Å². The number of rotatable bonds is 3. The molecule has 0 aliphatic heterocycles. The molecule has 2 heterocycles. The molecule has 0 spiro atoms. The van der Waals surface area contributed by atoms with Crippen LogP contribution in [0.4, 0.5) is 0 Å². The largest absolute Gasteiger partial charge is 0.387 e. The number of aliphatic hydroxyl groups is 1. The number of benzene rings is 1. The number of hydrogen-bond acceptors (Lipinski definition) is 4. The molecule has 5 nitrogen and oxygen atoms in total. The first-order valence-corrected chi connectivity index (χ1v) is 7.17. The van der Waals surface area contributed by atoms with Gasteiger partial charge in [-0.05, 0) is 23.8 Å². The van der Waals surface area contributed by atoms with Crippen LogP contribution in [-0.2, 0) is 6.54 Å². The van der Waals surface area contributed by atoms with Crippen LogP contribution in [0.1, 0.15) is 11.7 Å². The van der Waals surface area contributed by atoms with Crippen LogP contribution in [0.3, 0.4) is 0 Å². The molecule has 3 aromatic rings. The lowest BCUT2D eigenvalue weighted by molar-refractivity contribution is 0.155. The Hall–Kier alpha value is -2.05. The van der Waals surface area contributed by atoms with Crippen LogP contribution in [0.25, 0.3) is 10.9 Å². The molecule has 0 saturated carbocycles. The van der Waals surface area contributed by atoms with Crippen LogP contribution in [-0.4, -0.2) is 19.6 Å². The van der Waals surface area contributed by atoms with Crippen molar-refractivity contribution in [2.75, 3.05) is 0 Å². The maximum Gasteiger partial charge on any atom is 0.261 e. The Morgan fingerprint density at radius 1 is 1.33 bits per heavy atom. The van der Waals surface area contributed by atoms with Crippen LogP contribution >= 0.6 is 15.9 Å². The van der Waals surface area contributed by atoms with Gasteiger partial charge >= 0.3 is 0 Å². The van der Waals surface area contributed by atoms with Gasteiger partial charge in [-0.25, -0.2) is 4.98 Å². The second-order valence-electron chi connectivity index (χ2n) is 4.67. The molecule has 1 N–H and O–H groups in total. The summed E-state index contributed by atoms with van der Waals surface area (Å²) >= 11 is 3.36. The van der Waals surface area contributed by atoms with Crippen molar-refractivity contribution in [1.29, 1.82) is 0 Å². The zero-order valence-corrected chi connectivity index (χ0v) is 12.6. The normalized spacial score (nSPS) is 12.5. The molecular formula is C15H12BrN3O2. The van der Waals surface area contributed by atoms with Crippen molar-refractivity contribution in [2.45, 2.75) is 12.6 Å². The van der Waals surface area contributed by atoms with Gasteiger partial charge in [-0.1, -0.05) is 28.1 Å². The molecule has 6 heteroatoms. The maximum atomic E-state index is 12.3. The van der Waals surface area contributed by atoms with E-state index in [0.29, 0.717) is 10.9 Å². The van der Waals surface area contributed by atoms with Gasteiger partial charge in [0, 0.05) is 10.7 Å². The predicted molar refractivity (Wildman–Crippen MR) is 82.9 cm³/mol. The van der Waals surface area contributed by atoms with Gasteiger partial charge in [-0.15, -0.1) is 0 Å². The van der Waals surface area contributed by atoms with E-state index in [4.69, 9.17) is 0 Å². The highest BCUT2D eigenvalue weighted by Crippen LogP contribution is 2.19. The molecule has 3 rings (SSSR count). The van der Waals surface area contributed by atoms with E-state index in [2.05, 4.69) is 25.9 Å². The molecule has 21 heavy (non-hydrogen) atoms. The molecule has 0 radical (unpaired) electrons. The third kappa shape index (κ3) is 2.86. The minimum Gasteiger partial charge on any atom is -0.387 e. The third-order valence-corrected chi connectivity index (χ3v) is 3.72. The summed E-state index contributed by atoms with van der Waals surface area (Å²) in [6.45, 7) is 0.153. The van der Waals surface area contributed by atoms with E-state index in [1.54, 1.807) is 18.5 Å². The number of hydrogen-bond donors (Lipinski definition) is 1. The van der Waals surface area contributed by atoms with Gasteiger partial charge < -0.3 is 5.11 Å². The zero-order chi connectivity index (χ0) is 14.8. The Bertz CT molecular complexity index is 847. The Labute approximate surface area is 129 Å². The number of pyridine rings is 1. The average Bonchev–Trinajstić information content (AvgIpc) is 2.50. The lowest BCUT2D eigenvalue weighted by Gasteiger charge is -2.13. The van der Waals surface area contributed by atoms with E-state index in [9.17, 15) is 9.90 Å². The van der Waals surface area contributed by atoms with E-state index in [1.807, 2.05) is 24.3 Å². The van der Waals surface area contributed by atoms with Crippen molar-refractivity contribution in [2.24, 2.45) is 0 Å². The summed E-state index contributed by atoms with van der Waals surface area (Å²) in [5, 5.41) is 10.8. The molecule has 0 fully saturated rings. The number of nitrogens with zero attached hydrogens (tertiary/aromatic N) is 3. The molecule has 0 aliphatic carbocycles. The summed E-state index contributed by atoms with van der Waals surface area (Å²) in [7, 11) is 0. The van der Waals surface area contributed by atoms with Gasteiger partial charge in [0.2, 0.25) is 0 Å². The van der Waals surface area contributed by atoms with E-state index >= 15 is 0 Å². The van der Waals surface area contributed by atoms with Crippen LogP contribution in [0.2, 0.25) is 0 Å². The maximum absolute atomic E-state index is 12.3. The first-order valence-electron chi connectivity index (χ1n) is 6.38. The summed E-state index contributed by atoms with van der Waals surface area (Å²) in [4.78, 5) is 20.5. The topological polar surface area (TPSA) is 68.0 Å². The van der Waals surface area contributed by atoms with Gasteiger partial charge in [0.25, 0.3) is 5.56 Å². The van der Waals surface area contributed by atoms with Crippen molar-refractivity contribution in [3.63, 3.8) is 0 Å². The Morgan fingerprint density at radius 3 is 3.00 bits per heavy atom. The lowest BCUT2D eigenvalue weighted by atomic mass is 10.1. The Balaban J connectivity index is 1.95. The molecule has 106 valence electrons. The molecule has 0 bridgehead atoms. The van der Waals surface area contributed by atoms with Crippen LogP contribution < -0.4 is 5.56 Å². The molecule has 0 amide bonds. The number of halogens is 1. The predicted octanol–water partition coefficient (Wildman–Crippen LogP) is 2.29. The fourth-order valence-electron chi connectivity index (χ4n) is 2.14. The highest BCUT2D eigenvalue weighted by Gasteiger charge is 2.11. The minimum atomic E-state index is -0.777. The number of aliphatic hydroxyl groups excluding tert-OH is 1. The van der Waals surface area contributed by atoms with Gasteiger partial charge in [0.1, 0.15) is 0 Å². The van der Waals surface area contributed by atoms with Gasteiger partial charge in [-0.3, -0.25) is 14.3 Å². The summed E-state index contributed by atoms with van der Waals surface area (Å²) in [5.41, 5.74) is 1.11. The second-order valence-corrected chi connectivity index (χ2v) is 5.58. The van der Waals surface area contributed by atoms with Gasteiger partial charge in [-0.2, -0.15) is 0 Å². The molecular weight excluding hydrogens is 334 g/mol. The van der Waals surface area contributed by atoms with Crippen LogP contribution in [0.5, 0.6) is 0 Å². The van der Waals surface area contributed by atoms with E-state index in [0.717, 1.165) is 10.0 Å². The molecule has 1 atom stereocenters. The van der Waals surface area contributed by atoms with E-state index in [1.165, 1.54) is 10.9 Å². The number of aromatic nitrogens is 3. The summed E-state index contributed by atoms with van der Waals surface area (Å²) in [6.07, 6.45) is 3.76. The van der Waals surface area contributed by atoms with Crippen LogP contribution in [0, 0.1) is 0 Å². The first kappa shape index (κ1) is 13.9. The highest BCUT2D eigenvalue weighted by atomic mass is 79.9. The SMILES string of the molecule is O=c1c2ccncc2ncn1CC(O)c1cccc(Br)c1. The standard InChI is InChI=1S/C15H12BrN3O2/c16-11-3-1-2-10(6-11)14(20)8-19-9-18-13-7-17-5-4-12(13)15(19)21/h1-7,9,14,20H,8H2. The molecule has 0 aliphatic rings. The van der Waals surface area contributed by atoms with Crippen molar-refractivity contribution in [3.8, 4) is 0 Å². The molecule has 1 unspecified atom stereocenters. The molecule has 1 aromatic carbocycles. The van der Waals surface area contributed by atoms with Crippen molar-refractivity contribution in [1.82, 2.24) is 14.5 Å². The second kappa shape index (κ2) is 5.75. The summed E-state index contributed by atoms with van der Waals surface area (Å²) < 4.78 is 2.29. The number of fused-ring (bicyclic) bond motifs is 1. The quantitative estimate of drug-likeness (QED) is 0.790. The fourth-order valence-corrected chi connectivity index (χ4v) is 2.56. The third-order valence-electron chi connectivity index (χ3n) is 3.23. The Kier molecular flexibility index (Phi) is 3.81.